The number of carboxylic acid groups (broad SMARTS) is 1. The number of aryl methyl sites for hydroxylation is 1. The molecule has 0 radical (unpaired) electrons. The molecule has 0 spiro atoms. The summed E-state index contributed by atoms with van der Waals surface area (Å²) in [6.45, 7) is 4.03. The first kappa shape index (κ1) is 17.0. The van der Waals surface area contributed by atoms with E-state index < -0.39 is 5.97 Å². The molecule has 3 N–H and O–H groups in total. The first-order chi connectivity index (χ1) is 9.29. The lowest BCUT2D eigenvalue weighted by Gasteiger charge is -2.14. The minimum Gasteiger partial charge on any atom is -0.481 e. The fraction of sp³-hybridized carbons (Fsp3) is 0.385. The second kappa shape index (κ2) is 7.64. The summed E-state index contributed by atoms with van der Waals surface area (Å²) in [5.41, 5.74) is 1.70. The highest BCUT2D eigenvalue weighted by atomic mass is 79.9. The third kappa shape index (κ3) is 5.50. The molecule has 0 fully saturated rings. The van der Waals surface area contributed by atoms with Crippen molar-refractivity contribution in [3.8, 4) is 0 Å². The molecule has 0 saturated heterocycles. The van der Waals surface area contributed by atoms with Crippen molar-refractivity contribution in [2.75, 3.05) is 11.9 Å². The van der Waals surface area contributed by atoms with Crippen molar-refractivity contribution in [3.05, 3.63) is 26.6 Å². The summed E-state index contributed by atoms with van der Waals surface area (Å²) in [5.74, 6) is -0.994. The van der Waals surface area contributed by atoms with Crippen molar-refractivity contribution in [3.63, 3.8) is 0 Å². The summed E-state index contributed by atoms with van der Waals surface area (Å²) in [6, 6.07) is 3.42. The fourth-order valence-corrected chi connectivity index (χ4v) is 3.23. The zero-order valence-corrected chi connectivity index (χ0v) is 14.3. The van der Waals surface area contributed by atoms with E-state index in [-0.39, 0.29) is 18.4 Å². The SMILES string of the molecule is Cc1cc(Br)c(NC(=O)NCC(C)CC(=O)O)c(Br)c1. The first-order valence-electron chi connectivity index (χ1n) is 6.02. The predicted molar refractivity (Wildman–Crippen MR) is 85.0 cm³/mol. The predicted octanol–water partition coefficient (Wildman–Crippen LogP) is 3.75. The number of hydrogen-bond donors (Lipinski definition) is 3. The van der Waals surface area contributed by atoms with Gasteiger partial charge in [0, 0.05) is 21.9 Å². The lowest BCUT2D eigenvalue weighted by Crippen LogP contribution is -2.33. The van der Waals surface area contributed by atoms with Gasteiger partial charge in [-0.15, -0.1) is 0 Å². The molecule has 20 heavy (non-hydrogen) atoms. The molecule has 1 atom stereocenters. The molecule has 0 saturated carbocycles. The van der Waals surface area contributed by atoms with Gasteiger partial charge >= 0.3 is 12.0 Å². The van der Waals surface area contributed by atoms with Crippen molar-refractivity contribution in [2.45, 2.75) is 20.3 Å². The van der Waals surface area contributed by atoms with Crippen LogP contribution in [-0.2, 0) is 4.79 Å². The van der Waals surface area contributed by atoms with Gasteiger partial charge in [-0.05, 0) is 62.4 Å². The van der Waals surface area contributed by atoms with Gasteiger partial charge in [0.15, 0.2) is 0 Å². The Morgan fingerprint density at radius 1 is 1.30 bits per heavy atom. The smallest absolute Gasteiger partial charge is 0.319 e. The summed E-state index contributed by atoms with van der Waals surface area (Å²) in [7, 11) is 0. The van der Waals surface area contributed by atoms with E-state index in [1.54, 1.807) is 6.92 Å². The molecule has 2 amide bonds. The van der Waals surface area contributed by atoms with E-state index in [1.165, 1.54) is 0 Å². The van der Waals surface area contributed by atoms with Crippen molar-refractivity contribution < 1.29 is 14.7 Å². The van der Waals surface area contributed by atoms with Crippen LogP contribution in [0.5, 0.6) is 0 Å². The average molecular weight is 408 g/mol. The monoisotopic (exact) mass is 406 g/mol. The van der Waals surface area contributed by atoms with Crippen LogP contribution in [-0.4, -0.2) is 23.7 Å². The molecule has 7 heteroatoms. The number of carbonyl (C=O) groups excluding carboxylic acids is 1. The summed E-state index contributed by atoms with van der Waals surface area (Å²) in [4.78, 5) is 22.3. The number of nitrogens with one attached hydrogen (secondary N) is 2. The van der Waals surface area contributed by atoms with Gasteiger partial charge in [0.2, 0.25) is 0 Å². The number of carboxylic acids is 1. The molecule has 0 aliphatic heterocycles. The average Bonchev–Trinajstić information content (AvgIpc) is 2.30. The van der Waals surface area contributed by atoms with Gasteiger partial charge in [-0.25, -0.2) is 4.79 Å². The highest BCUT2D eigenvalue weighted by molar-refractivity contribution is 9.11. The molecule has 1 unspecified atom stereocenters. The van der Waals surface area contributed by atoms with Crippen molar-refractivity contribution in [1.82, 2.24) is 5.32 Å². The van der Waals surface area contributed by atoms with Gasteiger partial charge in [-0.2, -0.15) is 0 Å². The summed E-state index contributed by atoms with van der Waals surface area (Å²) in [5, 5.41) is 14.0. The molecule has 110 valence electrons. The summed E-state index contributed by atoms with van der Waals surface area (Å²) in [6.07, 6.45) is 0.0260. The van der Waals surface area contributed by atoms with E-state index in [1.807, 2.05) is 19.1 Å². The quantitative estimate of drug-likeness (QED) is 0.695. The molecule has 0 aliphatic carbocycles. The van der Waals surface area contributed by atoms with E-state index in [2.05, 4.69) is 42.5 Å². The topological polar surface area (TPSA) is 78.4 Å². The number of anilines is 1. The number of carbonyl (C=O) groups is 2. The molecule has 5 nitrogen and oxygen atoms in total. The van der Waals surface area contributed by atoms with E-state index in [0.717, 1.165) is 14.5 Å². The number of hydrogen-bond acceptors (Lipinski definition) is 2. The Kier molecular flexibility index (Phi) is 6.48. The van der Waals surface area contributed by atoms with Crippen LogP contribution < -0.4 is 10.6 Å². The Morgan fingerprint density at radius 2 is 1.85 bits per heavy atom. The van der Waals surface area contributed by atoms with Crippen molar-refractivity contribution in [2.24, 2.45) is 5.92 Å². The Balaban J connectivity index is 2.57. The van der Waals surface area contributed by atoms with Gasteiger partial charge in [-0.3, -0.25) is 4.79 Å². The van der Waals surface area contributed by atoms with Crippen LogP contribution in [0, 0.1) is 12.8 Å². The van der Waals surface area contributed by atoms with Gasteiger partial charge < -0.3 is 15.7 Å². The lowest BCUT2D eigenvalue weighted by atomic mass is 10.1. The maximum atomic E-state index is 11.8. The van der Waals surface area contributed by atoms with Crippen LogP contribution in [0.4, 0.5) is 10.5 Å². The number of halogens is 2. The molecule has 0 aromatic heterocycles. The number of amides is 2. The van der Waals surface area contributed by atoms with Crippen LogP contribution in [0.25, 0.3) is 0 Å². The molecule has 0 heterocycles. The molecular formula is C13H16Br2N2O3. The highest BCUT2D eigenvalue weighted by Crippen LogP contribution is 2.32. The lowest BCUT2D eigenvalue weighted by molar-refractivity contribution is -0.137. The number of rotatable bonds is 5. The van der Waals surface area contributed by atoms with Crippen molar-refractivity contribution in [1.29, 1.82) is 0 Å². The van der Waals surface area contributed by atoms with Crippen LogP contribution >= 0.6 is 31.9 Å². The van der Waals surface area contributed by atoms with Gasteiger partial charge in [0.1, 0.15) is 0 Å². The summed E-state index contributed by atoms with van der Waals surface area (Å²) < 4.78 is 1.55. The Hall–Kier alpha value is -1.08. The molecule has 1 aromatic rings. The molecular weight excluding hydrogens is 392 g/mol. The first-order valence-corrected chi connectivity index (χ1v) is 7.60. The van der Waals surface area contributed by atoms with Crippen LogP contribution in [0.2, 0.25) is 0 Å². The molecule has 0 bridgehead atoms. The normalized spacial score (nSPS) is 11.8. The van der Waals surface area contributed by atoms with Crippen LogP contribution in [0.3, 0.4) is 0 Å². The van der Waals surface area contributed by atoms with E-state index in [4.69, 9.17) is 5.11 Å². The maximum Gasteiger partial charge on any atom is 0.319 e. The standard InChI is InChI=1S/C13H16Br2N2O3/c1-7-3-9(14)12(10(15)4-7)17-13(20)16-6-8(2)5-11(18)19/h3-4,8H,5-6H2,1-2H3,(H,18,19)(H2,16,17,20). The Morgan fingerprint density at radius 3 is 2.35 bits per heavy atom. The second-order valence-electron chi connectivity index (χ2n) is 4.64. The third-order valence-electron chi connectivity index (χ3n) is 2.56. The molecule has 1 rings (SSSR count). The highest BCUT2D eigenvalue weighted by Gasteiger charge is 2.12. The van der Waals surface area contributed by atoms with E-state index in [9.17, 15) is 9.59 Å². The number of benzene rings is 1. The number of aliphatic carboxylic acids is 1. The van der Waals surface area contributed by atoms with Crippen molar-refractivity contribution >= 4 is 49.5 Å². The third-order valence-corrected chi connectivity index (χ3v) is 3.81. The minimum absolute atomic E-state index is 0.0260. The zero-order chi connectivity index (χ0) is 15.3. The largest absolute Gasteiger partial charge is 0.481 e. The van der Waals surface area contributed by atoms with Crippen LogP contribution in [0.15, 0.2) is 21.1 Å². The van der Waals surface area contributed by atoms with Gasteiger partial charge in [-0.1, -0.05) is 6.92 Å². The molecule has 0 aliphatic rings. The summed E-state index contributed by atoms with van der Waals surface area (Å²) >= 11 is 6.78. The minimum atomic E-state index is -0.872. The molecule has 1 aromatic carbocycles. The van der Waals surface area contributed by atoms with Gasteiger partial charge in [0.05, 0.1) is 5.69 Å². The second-order valence-corrected chi connectivity index (χ2v) is 6.35. The fourth-order valence-electron chi connectivity index (χ4n) is 1.61. The Bertz CT molecular complexity index is 497. The maximum absolute atomic E-state index is 11.8. The van der Waals surface area contributed by atoms with Gasteiger partial charge in [0.25, 0.3) is 0 Å². The van der Waals surface area contributed by atoms with E-state index >= 15 is 0 Å². The number of urea groups is 1. The Labute approximate surface area is 134 Å². The van der Waals surface area contributed by atoms with Crippen LogP contribution in [0.1, 0.15) is 18.9 Å². The zero-order valence-electron chi connectivity index (χ0n) is 11.2. The van der Waals surface area contributed by atoms with E-state index in [0.29, 0.717) is 12.2 Å².